The molecule has 1 aromatic carbocycles. The topological polar surface area (TPSA) is 155 Å². The molecule has 296 valence electrons. The molecule has 3 N–H and O–H groups in total. The number of urea groups is 1. The zero-order valence-electron chi connectivity index (χ0n) is 31.9. The number of alkyl carbamates (subject to hydrolysis) is 1. The molecule has 2 aliphatic rings. The molecule has 0 spiro atoms. The van der Waals surface area contributed by atoms with E-state index in [4.69, 9.17) is 9.47 Å². The summed E-state index contributed by atoms with van der Waals surface area (Å²) in [4.78, 5) is 67.0. The third kappa shape index (κ3) is 13.9. The van der Waals surface area contributed by atoms with E-state index in [1.807, 2.05) is 41.8 Å². The number of morpholine rings is 1. The Morgan fingerprint density at radius 2 is 1.76 bits per heavy atom. The molecule has 3 atom stereocenters. The summed E-state index contributed by atoms with van der Waals surface area (Å²) in [6.45, 7) is 6.23. The van der Waals surface area contributed by atoms with Crippen LogP contribution in [0.25, 0.3) is 0 Å². The van der Waals surface area contributed by atoms with Crippen LogP contribution in [0.1, 0.15) is 79.4 Å². The second-order valence-corrected chi connectivity index (χ2v) is 16.1. The highest BCUT2D eigenvalue weighted by Gasteiger charge is 2.30. The van der Waals surface area contributed by atoms with Crippen LogP contribution in [0.4, 0.5) is 9.59 Å². The van der Waals surface area contributed by atoms with Crippen LogP contribution in [-0.4, -0.2) is 95.2 Å². The van der Waals surface area contributed by atoms with Gasteiger partial charge in [0.2, 0.25) is 11.8 Å². The first-order valence-corrected chi connectivity index (χ1v) is 20.7. The number of hydrogen-bond acceptors (Lipinski definition) is 10. The van der Waals surface area contributed by atoms with Crippen LogP contribution >= 0.6 is 22.7 Å². The van der Waals surface area contributed by atoms with Gasteiger partial charge in [0.05, 0.1) is 47.3 Å². The van der Waals surface area contributed by atoms with Gasteiger partial charge in [0.15, 0.2) is 0 Å². The van der Waals surface area contributed by atoms with Crippen molar-refractivity contribution in [2.45, 2.75) is 96.0 Å². The Morgan fingerprint density at radius 1 is 1.00 bits per heavy atom. The molecule has 55 heavy (non-hydrogen) atoms. The molecule has 13 nitrogen and oxygen atoms in total. The number of thiazole rings is 2. The molecule has 15 heteroatoms. The van der Waals surface area contributed by atoms with Crippen molar-refractivity contribution in [3.05, 3.63) is 92.4 Å². The summed E-state index contributed by atoms with van der Waals surface area (Å²) in [6, 6.07) is 7.69. The molecule has 1 saturated heterocycles. The zero-order chi connectivity index (χ0) is 39.0. The number of hydrogen-bond donors (Lipinski definition) is 3. The van der Waals surface area contributed by atoms with Crippen LogP contribution in [0, 0.1) is 0 Å². The normalized spacial score (nSPS) is 15.8. The standard InChI is InChI=1S/C40H53N7O6S2/c1-28(2)38-43-33(26-54-38)24-46(3)39(50)45-35(22-36(48)47-16-18-52-19-17-47)37(49)42-31(20-29-10-6-4-7-11-29)14-15-32(21-30-12-8-5-9-13-30)44-40(51)53-25-34-23-41-27-55-34/h4-6,8-10,12-13,23,26-28,31-32,35H,7,11,14-22,24-25H2,1-3H3,(H,42,49)(H,44,51)(H,45,50)/t31-,32-,35+/m1/s1. The summed E-state index contributed by atoms with van der Waals surface area (Å²) >= 11 is 2.97. The summed E-state index contributed by atoms with van der Waals surface area (Å²) in [6.07, 6.45) is 11.2. The number of carbonyl (C=O) groups is 4. The van der Waals surface area contributed by atoms with E-state index in [2.05, 4.69) is 51.9 Å². The van der Waals surface area contributed by atoms with E-state index in [9.17, 15) is 19.2 Å². The summed E-state index contributed by atoms with van der Waals surface area (Å²) < 4.78 is 10.9. The first-order chi connectivity index (χ1) is 26.6. The third-order valence-electron chi connectivity index (χ3n) is 9.46. The second kappa shape index (κ2) is 21.5. The Labute approximate surface area is 331 Å². The molecule has 5 rings (SSSR count). The van der Waals surface area contributed by atoms with Crippen LogP contribution in [0.15, 0.2) is 71.2 Å². The van der Waals surface area contributed by atoms with Crippen molar-refractivity contribution in [1.82, 2.24) is 35.7 Å². The summed E-state index contributed by atoms with van der Waals surface area (Å²) in [5, 5.41) is 12.0. The first kappa shape index (κ1) is 41.6. The van der Waals surface area contributed by atoms with Gasteiger partial charge in [-0.05, 0) is 44.1 Å². The second-order valence-electron chi connectivity index (χ2n) is 14.2. The number of ether oxygens (including phenoxy) is 2. The highest BCUT2D eigenvalue weighted by Crippen LogP contribution is 2.22. The van der Waals surface area contributed by atoms with E-state index < -0.39 is 24.1 Å². The van der Waals surface area contributed by atoms with Gasteiger partial charge < -0.3 is 35.2 Å². The predicted molar refractivity (Wildman–Crippen MR) is 214 cm³/mol. The van der Waals surface area contributed by atoms with Crippen molar-refractivity contribution >= 4 is 46.6 Å². The van der Waals surface area contributed by atoms with Crippen molar-refractivity contribution in [2.24, 2.45) is 0 Å². The third-order valence-corrected chi connectivity index (χ3v) is 11.4. The van der Waals surface area contributed by atoms with Gasteiger partial charge in [-0.15, -0.1) is 22.7 Å². The number of nitrogens with one attached hydrogen (secondary N) is 3. The average molecular weight is 792 g/mol. The van der Waals surface area contributed by atoms with Crippen LogP contribution in [0.5, 0.6) is 0 Å². The van der Waals surface area contributed by atoms with Crippen LogP contribution in [0.3, 0.4) is 0 Å². The van der Waals surface area contributed by atoms with Gasteiger partial charge in [-0.25, -0.2) is 14.6 Å². The average Bonchev–Trinajstić information content (AvgIpc) is 3.90. The lowest BCUT2D eigenvalue weighted by Gasteiger charge is -2.30. The van der Waals surface area contributed by atoms with Crippen molar-refractivity contribution in [2.75, 3.05) is 33.4 Å². The first-order valence-electron chi connectivity index (χ1n) is 18.9. The van der Waals surface area contributed by atoms with E-state index in [0.717, 1.165) is 34.0 Å². The molecule has 0 unspecified atom stereocenters. The monoisotopic (exact) mass is 791 g/mol. The van der Waals surface area contributed by atoms with E-state index in [1.54, 1.807) is 35.0 Å². The Morgan fingerprint density at radius 3 is 2.44 bits per heavy atom. The van der Waals surface area contributed by atoms with Gasteiger partial charge in [0, 0.05) is 49.7 Å². The number of nitrogens with zero attached hydrogens (tertiary/aromatic N) is 4. The van der Waals surface area contributed by atoms with Gasteiger partial charge in [0.25, 0.3) is 0 Å². The molecular weight excluding hydrogens is 739 g/mol. The number of aromatic nitrogens is 2. The van der Waals surface area contributed by atoms with Gasteiger partial charge in [-0.3, -0.25) is 14.6 Å². The minimum Gasteiger partial charge on any atom is -0.444 e. The highest BCUT2D eigenvalue weighted by atomic mass is 32.1. The van der Waals surface area contributed by atoms with Gasteiger partial charge in [0.1, 0.15) is 12.6 Å². The molecule has 5 amide bonds. The highest BCUT2D eigenvalue weighted by molar-refractivity contribution is 7.09. The maximum Gasteiger partial charge on any atom is 0.407 e. The Hall–Kier alpha value is -4.60. The van der Waals surface area contributed by atoms with Crippen LogP contribution in [-0.2, 0) is 38.6 Å². The maximum atomic E-state index is 14.2. The minimum atomic E-state index is -1.12. The summed E-state index contributed by atoms with van der Waals surface area (Å²) in [7, 11) is 1.65. The molecule has 0 bridgehead atoms. The van der Waals surface area contributed by atoms with Crippen molar-refractivity contribution < 1.29 is 28.7 Å². The number of carbonyl (C=O) groups excluding carboxylic acids is 4. The molecule has 0 radical (unpaired) electrons. The Balaban J connectivity index is 1.30. The lowest BCUT2D eigenvalue weighted by atomic mass is 9.93. The SMILES string of the molecule is CC(C)c1nc(CN(C)C(=O)N[C@@H](CC(=O)N2CCOCC2)C(=O)N[C@H](CC[C@H](Cc2ccccc2)NC(=O)OCc2cncs2)CC2=CC=CCC2)cs1. The Kier molecular flexibility index (Phi) is 16.2. The fraction of sp³-hybridized carbons (Fsp3) is 0.500. The van der Waals surface area contributed by atoms with E-state index in [1.165, 1.54) is 21.8 Å². The number of amides is 5. The maximum absolute atomic E-state index is 14.2. The lowest BCUT2D eigenvalue weighted by molar-refractivity contribution is -0.138. The number of rotatable bonds is 18. The number of allylic oxidation sites excluding steroid dienone is 3. The zero-order valence-corrected chi connectivity index (χ0v) is 33.5. The molecule has 1 aliphatic carbocycles. The van der Waals surface area contributed by atoms with E-state index >= 15 is 0 Å². The van der Waals surface area contributed by atoms with Crippen molar-refractivity contribution in [3.63, 3.8) is 0 Å². The molecular formula is C40H53N7O6S2. The fourth-order valence-corrected chi connectivity index (χ4v) is 7.74. The summed E-state index contributed by atoms with van der Waals surface area (Å²) in [5.41, 5.74) is 4.71. The molecule has 3 heterocycles. The number of benzene rings is 1. The molecule has 2 aromatic heterocycles. The van der Waals surface area contributed by atoms with Gasteiger partial charge in [-0.1, -0.05) is 68.0 Å². The summed E-state index contributed by atoms with van der Waals surface area (Å²) in [5.74, 6) is -0.390. The lowest BCUT2D eigenvalue weighted by Crippen LogP contribution is -2.54. The molecule has 0 saturated carbocycles. The fourth-order valence-electron chi connectivity index (χ4n) is 6.41. The molecule has 1 fully saturated rings. The molecule has 1 aliphatic heterocycles. The van der Waals surface area contributed by atoms with Crippen LogP contribution < -0.4 is 16.0 Å². The van der Waals surface area contributed by atoms with Gasteiger partial charge in [-0.2, -0.15) is 0 Å². The molecule has 3 aromatic rings. The Bertz CT molecular complexity index is 1740. The largest absolute Gasteiger partial charge is 0.444 e. The van der Waals surface area contributed by atoms with Crippen molar-refractivity contribution in [1.29, 1.82) is 0 Å². The quantitative estimate of drug-likeness (QED) is 0.143. The van der Waals surface area contributed by atoms with Gasteiger partial charge >= 0.3 is 12.1 Å². The van der Waals surface area contributed by atoms with E-state index in [0.29, 0.717) is 52.0 Å². The predicted octanol–water partition coefficient (Wildman–Crippen LogP) is 5.95. The van der Waals surface area contributed by atoms with E-state index in [-0.39, 0.29) is 43.5 Å². The van der Waals surface area contributed by atoms with Crippen LogP contribution in [0.2, 0.25) is 0 Å². The van der Waals surface area contributed by atoms with Crippen molar-refractivity contribution in [3.8, 4) is 0 Å². The minimum absolute atomic E-state index is 0.128. The smallest absolute Gasteiger partial charge is 0.407 e.